The number of anilines is 3. The molecule has 37 heavy (non-hydrogen) atoms. The quantitative estimate of drug-likeness (QED) is 0.197. The number of aromatic amines is 1. The van der Waals surface area contributed by atoms with E-state index in [2.05, 4.69) is 25.4 Å². The van der Waals surface area contributed by atoms with Crippen molar-refractivity contribution in [1.29, 1.82) is 0 Å². The number of nitrogens with one attached hydrogen (secondary N) is 3. The van der Waals surface area contributed by atoms with Gasteiger partial charge in [-0.2, -0.15) is 18.3 Å². The molecule has 0 fully saturated rings. The zero-order valence-electron chi connectivity index (χ0n) is 18.6. The smallest absolute Gasteiger partial charge is 0.382 e. The third-order valence-corrected chi connectivity index (χ3v) is 5.41. The van der Waals surface area contributed by atoms with Crippen molar-refractivity contribution in [3.05, 3.63) is 70.7 Å². The van der Waals surface area contributed by atoms with Crippen LogP contribution in [-0.2, 0) is 0 Å². The highest BCUT2D eigenvalue weighted by atomic mass is 19.4. The van der Waals surface area contributed by atoms with E-state index in [1.165, 1.54) is 35.2 Å². The van der Waals surface area contributed by atoms with Crippen LogP contribution in [0.3, 0.4) is 0 Å². The molecule has 5 N–H and O–H groups in total. The Bertz CT molecular complexity index is 1660. The van der Waals surface area contributed by atoms with Crippen LogP contribution >= 0.6 is 0 Å². The Kier molecular flexibility index (Phi) is 5.58. The number of hydrogen-bond donors (Lipinski definition) is 4. The van der Waals surface area contributed by atoms with Gasteiger partial charge >= 0.3 is 6.18 Å². The molecule has 5 aromatic rings. The van der Waals surface area contributed by atoms with E-state index in [-0.39, 0.29) is 28.1 Å². The molecule has 12 nitrogen and oxygen atoms in total. The van der Waals surface area contributed by atoms with E-state index < -0.39 is 23.6 Å². The number of benzene rings is 2. The van der Waals surface area contributed by atoms with Gasteiger partial charge in [0.25, 0.3) is 11.6 Å². The van der Waals surface area contributed by atoms with E-state index in [1.54, 1.807) is 24.3 Å². The molecule has 0 aliphatic heterocycles. The molecule has 5 rings (SSSR count). The zero-order valence-corrected chi connectivity index (χ0v) is 18.6. The van der Waals surface area contributed by atoms with E-state index in [4.69, 9.17) is 5.73 Å². The Morgan fingerprint density at radius 2 is 1.95 bits per heavy atom. The standard InChI is InChI=1S/C22H16F3N9O3/c23-22(24,25)9-27-20(35)14-8-33-18(19(26)28-10-29-33)17(14)11-1-3-12(4-2-11)30-21-31-15-6-5-13(34(36)37)7-16(15)32-21/h1-8,10H,9H2,(H,27,35)(H2,26,28,29)(H2,30,31,32). The highest BCUT2D eigenvalue weighted by Crippen LogP contribution is 2.33. The van der Waals surface area contributed by atoms with E-state index in [1.807, 2.05) is 5.32 Å². The number of fused-ring (bicyclic) bond motifs is 2. The summed E-state index contributed by atoms with van der Waals surface area (Å²) in [6.07, 6.45) is -2.13. The summed E-state index contributed by atoms with van der Waals surface area (Å²) in [5.41, 5.74) is 8.44. The van der Waals surface area contributed by atoms with Gasteiger partial charge in [0.1, 0.15) is 18.4 Å². The minimum absolute atomic E-state index is 0.0402. The molecular formula is C22H16F3N9O3. The van der Waals surface area contributed by atoms with Crippen LogP contribution in [0.1, 0.15) is 10.4 Å². The second kappa shape index (κ2) is 8.78. The molecule has 0 radical (unpaired) electrons. The van der Waals surface area contributed by atoms with Crippen molar-refractivity contribution < 1.29 is 22.9 Å². The molecule has 0 saturated carbocycles. The van der Waals surface area contributed by atoms with E-state index >= 15 is 0 Å². The van der Waals surface area contributed by atoms with Gasteiger partial charge in [0.05, 0.1) is 21.5 Å². The van der Waals surface area contributed by atoms with Gasteiger partial charge in [-0.25, -0.2) is 14.5 Å². The van der Waals surface area contributed by atoms with Crippen molar-refractivity contribution in [2.75, 3.05) is 17.6 Å². The van der Waals surface area contributed by atoms with Gasteiger partial charge < -0.3 is 21.4 Å². The molecule has 0 aliphatic rings. The van der Waals surface area contributed by atoms with Crippen LogP contribution in [0.2, 0.25) is 0 Å². The summed E-state index contributed by atoms with van der Waals surface area (Å²) < 4.78 is 39.3. The number of amides is 1. The minimum atomic E-state index is -4.58. The lowest BCUT2D eigenvalue weighted by atomic mass is 10.0. The Morgan fingerprint density at radius 3 is 2.65 bits per heavy atom. The summed E-state index contributed by atoms with van der Waals surface area (Å²) >= 11 is 0. The van der Waals surface area contributed by atoms with Crippen LogP contribution in [0.5, 0.6) is 0 Å². The number of nitrogen functional groups attached to an aromatic ring is 1. The maximum Gasteiger partial charge on any atom is 0.405 e. The van der Waals surface area contributed by atoms with Crippen molar-refractivity contribution in [2.45, 2.75) is 6.18 Å². The van der Waals surface area contributed by atoms with Crippen LogP contribution in [0.4, 0.5) is 36.3 Å². The first-order chi connectivity index (χ1) is 17.6. The number of nitro groups is 1. The number of nitrogens with zero attached hydrogens (tertiary/aromatic N) is 5. The fourth-order valence-electron chi connectivity index (χ4n) is 3.80. The first-order valence-electron chi connectivity index (χ1n) is 10.6. The molecule has 1 amide bonds. The maximum atomic E-state index is 12.7. The van der Waals surface area contributed by atoms with Gasteiger partial charge in [0.2, 0.25) is 5.95 Å². The molecule has 0 spiro atoms. The average Bonchev–Trinajstić information content (AvgIpc) is 3.44. The van der Waals surface area contributed by atoms with Gasteiger partial charge in [-0.3, -0.25) is 14.9 Å². The monoisotopic (exact) mass is 511 g/mol. The lowest BCUT2D eigenvalue weighted by Crippen LogP contribution is -2.33. The van der Waals surface area contributed by atoms with Crippen molar-refractivity contribution in [1.82, 2.24) is 29.9 Å². The molecule has 0 unspecified atom stereocenters. The highest BCUT2D eigenvalue weighted by molar-refractivity contribution is 6.07. The first-order valence-corrected chi connectivity index (χ1v) is 10.6. The van der Waals surface area contributed by atoms with Crippen LogP contribution in [-0.4, -0.2) is 48.1 Å². The zero-order chi connectivity index (χ0) is 26.3. The molecule has 3 aromatic heterocycles. The Morgan fingerprint density at radius 1 is 1.19 bits per heavy atom. The number of nitrogens with two attached hydrogens (primary N) is 1. The number of carbonyl (C=O) groups is 1. The van der Waals surface area contributed by atoms with E-state index in [0.717, 1.165) is 0 Å². The van der Waals surface area contributed by atoms with Gasteiger partial charge in [0.15, 0.2) is 5.82 Å². The summed E-state index contributed by atoms with van der Waals surface area (Å²) in [4.78, 5) is 34.3. The van der Waals surface area contributed by atoms with Crippen LogP contribution in [0.15, 0.2) is 55.0 Å². The second-order valence-corrected chi connectivity index (χ2v) is 7.90. The van der Waals surface area contributed by atoms with Gasteiger partial charge in [0, 0.05) is 29.6 Å². The Labute approximate surface area is 204 Å². The number of hydrogen-bond acceptors (Lipinski definition) is 8. The summed E-state index contributed by atoms with van der Waals surface area (Å²) in [6.45, 7) is -1.50. The molecule has 2 aromatic carbocycles. The topological polar surface area (TPSA) is 169 Å². The third-order valence-electron chi connectivity index (χ3n) is 5.41. The van der Waals surface area contributed by atoms with Crippen molar-refractivity contribution in [2.24, 2.45) is 0 Å². The Hall–Kier alpha value is -5.21. The van der Waals surface area contributed by atoms with Crippen molar-refractivity contribution in [3.8, 4) is 11.1 Å². The van der Waals surface area contributed by atoms with Gasteiger partial charge in [-0.1, -0.05) is 12.1 Å². The second-order valence-electron chi connectivity index (χ2n) is 7.90. The summed E-state index contributed by atoms with van der Waals surface area (Å²) in [5.74, 6) is -0.573. The summed E-state index contributed by atoms with van der Waals surface area (Å²) in [5, 5.41) is 19.9. The predicted octanol–water partition coefficient (Wildman–Crippen LogP) is 3.80. The van der Waals surface area contributed by atoms with Crippen LogP contribution in [0, 0.1) is 10.1 Å². The van der Waals surface area contributed by atoms with Gasteiger partial charge in [-0.15, -0.1) is 0 Å². The maximum absolute atomic E-state index is 12.7. The van der Waals surface area contributed by atoms with E-state index in [0.29, 0.717) is 28.2 Å². The average molecular weight is 511 g/mol. The molecule has 0 aliphatic carbocycles. The number of aromatic nitrogens is 5. The van der Waals surface area contributed by atoms with Crippen molar-refractivity contribution >= 4 is 45.6 Å². The number of alkyl halides is 3. The SMILES string of the molecule is Nc1ncnn2cc(C(=O)NCC(F)(F)F)c(-c3ccc(Nc4nc5ccc([N+](=O)[O-])cc5[nH]4)cc3)c12. The highest BCUT2D eigenvalue weighted by Gasteiger charge is 2.29. The number of halogens is 3. The number of nitro benzene ring substituents is 1. The molecular weight excluding hydrogens is 495 g/mol. The lowest BCUT2D eigenvalue weighted by molar-refractivity contribution is -0.384. The predicted molar refractivity (Wildman–Crippen MR) is 127 cm³/mol. The van der Waals surface area contributed by atoms with Crippen LogP contribution in [0.25, 0.3) is 27.7 Å². The number of H-pyrrole nitrogens is 1. The summed E-state index contributed by atoms with van der Waals surface area (Å²) in [6, 6.07) is 10.8. The Balaban J connectivity index is 1.47. The molecule has 3 heterocycles. The summed E-state index contributed by atoms with van der Waals surface area (Å²) in [7, 11) is 0. The lowest BCUT2D eigenvalue weighted by Gasteiger charge is -2.10. The van der Waals surface area contributed by atoms with Crippen molar-refractivity contribution in [3.63, 3.8) is 0 Å². The molecule has 188 valence electrons. The third kappa shape index (κ3) is 4.69. The van der Waals surface area contributed by atoms with Gasteiger partial charge in [-0.05, 0) is 23.8 Å². The first kappa shape index (κ1) is 23.5. The molecule has 0 atom stereocenters. The number of rotatable bonds is 6. The normalized spacial score (nSPS) is 11.6. The number of carbonyl (C=O) groups excluding carboxylic acids is 1. The van der Waals surface area contributed by atoms with Crippen LogP contribution < -0.4 is 16.4 Å². The number of imidazole rings is 1. The fraction of sp³-hybridized carbons (Fsp3) is 0.0909. The molecule has 0 saturated heterocycles. The molecule has 0 bridgehead atoms. The fourth-order valence-corrected chi connectivity index (χ4v) is 3.80. The number of non-ortho nitro benzene ring substituents is 1. The van der Waals surface area contributed by atoms with E-state index in [9.17, 15) is 28.1 Å². The molecule has 15 heteroatoms. The largest absolute Gasteiger partial charge is 0.405 e. The minimum Gasteiger partial charge on any atom is -0.382 e.